The van der Waals surface area contributed by atoms with Crippen LogP contribution >= 0.6 is 0 Å². The lowest BCUT2D eigenvalue weighted by Gasteiger charge is -2.34. The second-order valence-corrected chi connectivity index (χ2v) is 8.82. The van der Waals surface area contributed by atoms with Crippen LogP contribution in [0.2, 0.25) is 0 Å². The normalized spacial score (nSPS) is 19.0. The summed E-state index contributed by atoms with van der Waals surface area (Å²) in [4.78, 5) is 14.8. The first kappa shape index (κ1) is 19.9. The number of aryl methyl sites for hydroxylation is 3. The molecule has 25 heavy (non-hydrogen) atoms. The molecule has 0 saturated carbocycles. The molecule has 140 valence electrons. The molecule has 2 rings (SSSR count). The smallest absolute Gasteiger partial charge is 0.243 e. The van der Waals surface area contributed by atoms with Crippen LogP contribution in [0.5, 0.6) is 0 Å². The molecule has 1 heterocycles. The highest BCUT2D eigenvalue weighted by Gasteiger charge is 2.35. The first-order valence-corrected chi connectivity index (χ1v) is 10.5. The zero-order valence-electron chi connectivity index (χ0n) is 16.0. The molecule has 0 unspecified atom stereocenters. The van der Waals surface area contributed by atoms with Crippen molar-refractivity contribution in [1.82, 2.24) is 9.21 Å². The SMILES string of the molecule is CCN(CC)C(=O)[C@@H]1CCCN(S(=O)(=O)c2c(C)cc(C)cc2C)C1. The van der Waals surface area contributed by atoms with Gasteiger partial charge in [0.05, 0.1) is 10.8 Å². The van der Waals surface area contributed by atoms with Gasteiger partial charge >= 0.3 is 0 Å². The second kappa shape index (κ2) is 7.87. The quantitative estimate of drug-likeness (QED) is 0.805. The van der Waals surface area contributed by atoms with Gasteiger partial charge in [0.1, 0.15) is 0 Å². The number of carbonyl (C=O) groups excluding carboxylic acids is 1. The molecule has 1 amide bonds. The maximum absolute atomic E-state index is 13.2. The standard InChI is InChI=1S/C19H30N2O3S/c1-6-20(7-2)19(22)17-9-8-10-21(13-17)25(23,24)18-15(4)11-14(3)12-16(18)5/h11-12,17H,6-10,13H2,1-5H3/t17-/m1/s1. The van der Waals surface area contributed by atoms with Crippen LogP contribution in [0.4, 0.5) is 0 Å². The van der Waals surface area contributed by atoms with Crippen LogP contribution in [-0.2, 0) is 14.8 Å². The van der Waals surface area contributed by atoms with Crippen molar-refractivity contribution in [2.75, 3.05) is 26.2 Å². The summed E-state index contributed by atoms with van der Waals surface area (Å²) in [5, 5.41) is 0. The van der Waals surface area contributed by atoms with E-state index in [1.807, 2.05) is 46.8 Å². The van der Waals surface area contributed by atoms with Crippen LogP contribution in [0, 0.1) is 26.7 Å². The van der Waals surface area contributed by atoms with Crippen molar-refractivity contribution in [3.63, 3.8) is 0 Å². The molecule has 5 nitrogen and oxygen atoms in total. The molecule has 0 bridgehead atoms. The third-order valence-electron chi connectivity index (χ3n) is 5.01. The number of hydrogen-bond acceptors (Lipinski definition) is 3. The Bertz CT molecular complexity index is 716. The summed E-state index contributed by atoms with van der Waals surface area (Å²) in [7, 11) is -3.58. The van der Waals surface area contributed by atoms with E-state index in [0.717, 1.165) is 29.5 Å². The van der Waals surface area contributed by atoms with E-state index in [4.69, 9.17) is 0 Å². The third kappa shape index (κ3) is 4.06. The lowest BCUT2D eigenvalue weighted by atomic mass is 9.98. The van der Waals surface area contributed by atoms with E-state index < -0.39 is 10.0 Å². The van der Waals surface area contributed by atoms with E-state index >= 15 is 0 Å². The van der Waals surface area contributed by atoms with Gasteiger partial charge in [-0.05, 0) is 58.6 Å². The zero-order chi connectivity index (χ0) is 18.8. The first-order chi connectivity index (χ1) is 11.7. The topological polar surface area (TPSA) is 57.7 Å². The van der Waals surface area contributed by atoms with Crippen molar-refractivity contribution in [3.8, 4) is 0 Å². The summed E-state index contributed by atoms with van der Waals surface area (Å²) in [6.07, 6.45) is 1.48. The Labute approximate surface area is 152 Å². The second-order valence-electron chi connectivity index (χ2n) is 6.94. The van der Waals surface area contributed by atoms with Crippen LogP contribution in [0.1, 0.15) is 43.4 Å². The van der Waals surface area contributed by atoms with Gasteiger partial charge in [0.2, 0.25) is 15.9 Å². The highest BCUT2D eigenvalue weighted by Crippen LogP contribution is 2.29. The third-order valence-corrected chi connectivity index (χ3v) is 7.18. The lowest BCUT2D eigenvalue weighted by molar-refractivity contribution is -0.136. The van der Waals surface area contributed by atoms with Crippen LogP contribution in [0.25, 0.3) is 0 Å². The van der Waals surface area contributed by atoms with Crippen molar-refractivity contribution in [3.05, 3.63) is 28.8 Å². The average Bonchev–Trinajstić information content (AvgIpc) is 2.54. The Kier molecular flexibility index (Phi) is 6.27. The number of carbonyl (C=O) groups is 1. The fraction of sp³-hybridized carbons (Fsp3) is 0.632. The highest BCUT2D eigenvalue weighted by atomic mass is 32.2. The van der Waals surface area contributed by atoms with Crippen LogP contribution in [0.3, 0.4) is 0 Å². The van der Waals surface area contributed by atoms with Gasteiger partial charge in [0, 0.05) is 26.2 Å². The Morgan fingerprint density at radius 3 is 2.24 bits per heavy atom. The van der Waals surface area contributed by atoms with Crippen molar-refractivity contribution in [2.24, 2.45) is 5.92 Å². The number of nitrogens with zero attached hydrogens (tertiary/aromatic N) is 2. The molecule has 1 fully saturated rings. The Balaban J connectivity index is 2.30. The summed E-state index contributed by atoms with van der Waals surface area (Å²) in [5.41, 5.74) is 2.60. The molecule has 0 radical (unpaired) electrons. The summed E-state index contributed by atoms with van der Waals surface area (Å²) >= 11 is 0. The highest BCUT2D eigenvalue weighted by molar-refractivity contribution is 7.89. The number of hydrogen-bond donors (Lipinski definition) is 0. The number of rotatable bonds is 5. The summed E-state index contributed by atoms with van der Waals surface area (Å²) < 4.78 is 27.9. The minimum atomic E-state index is -3.58. The number of piperidine rings is 1. The minimum Gasteiger partial charge on any atom is -0.343 e. The summed E-state index contributed by atoms with van der Waals surface area (Å²) in [5.74, 6) is -0.170. The minimum absolute atomic E-state index is 0.0715. The van der Waals surface area contributed by atoms with Gasteiger partial charge in [-0.1, -0.05) is 17.7 Å². The van der Waals surface area contributed by atoms with E-state index in [-0.39, 0.29) is 18.4 Å². The van der Waals surface area contributed by atoms with E-state index in [0.29, 0.717) is 24.5 Å². The molecule has 0 aromatic heterocycles. The molecule has 1 saturated heterocycles. The number of sulfonamides is 1. The van der Waals surface area contributed by atoms with E-state index in [2.05, 4.69) is 0 Å². The molecule has 0 spiro atoms. The molecule has 6 heteroatoms. The predicted octanol–water partition coefficient (Wildman–Crippen LogP) is 2.88. The van der Waals surface area contributed by atoms with Crippen molar-refractivity contribution < 1.29 is 13.2 Å². The van der Waals surface area contributed by atoms with Crippen molar-refractivity contribution in [1.29, 1.82) is 0 Å². The summed E-state index contributed by atoms with van der Waals surface area (Å²) in [6, 6.07) is 3.81. The Morgan fingerprint density at radius 2 is 1.72 bits per heavy atom. The van der Waals surface area contributed by atoms with Crippen LogP contribution < -0.4 is 0 Å². The largest absolute Gasteiger partial charge is 0.343 e. The van der Waals surface area contributed by atoms with Gasteiger partial charge < -0.3 is 4.90 Å². The maximum atomic E-state index is 13.2. The Morgan fingerprint density at radius 1 is 1.16 bits per heavy atom. The average molecular weight is 367 g/mol. The van der Waals surface area contributed by atoms with Crippen LogP contribution in [0.15, 0.2) is 17.0 Å². The van der Waals surface area contributed by atoms with E-state index in [9.17, 15) is 13.2 Å². The van der Waals surface area contributed by atoms with Gasteiger partial charge in [-0.25, -0.2) is 8.42 Å². The lowest BCUT2D eigenvalue weighted by Crippen LogP contribution is -2.46. The molecular formula is C19H30N2O3S. The molecule has 1 aromatic rings. The monoisotopic (exact) mass is 366 g/mol. The Hall–Kier alpha value is -1.40. The molecule has 1 aromatic carbocycles. The van der Waals surface area contributed by atoms with Gasteiger partial charge in [0.25, 0.3) is 0 Å². The van der Waals surface area contributed by atoms with E-state index in [1.54, 1.807) is 4.90 Å². The van der Waals surface area contributed by atoms with Crippen LogP contribution in [-0.4, -0.2) is 49.7 Å². The fourth-order valence-corrected chi connectivity index (χ4v) is 5.79. The van der Waals surface area contributed by atoms with Gasteiger partial charge in [0.15, 0.2) is 0 Å². The number of amides is 1. The predicted molar refractivity (Wildman–Crippen MR) is 100 cm³/mol. The van der Waals surface area contributed by atoms with Gasteiger partial charge in [-0.3, -0.25) is 4.79 Å². The molecule has 1 aliphatic heterocycles. The van der Waals surface area contributed by atoms with E-state index in [1.165, 1.54) is 4.31 Å². The van der Waals surface area contributed by atoms with Gasteiger partial charge in [-0.2, -0.15) is 4.31 Å². The molecule has 0 aliphatic carbocycles. The first-order valence-electron chi connectivity index (χ1n) is 9.09. The molecular weight excluding hydrogens is 336 g/mol. The fourth-order valence-electron chi connectivity index (χ4n) is 3.86. The zero-order valence-corrected chi connectivity index (χ0v) is 16.8. The molecule has 0 N–H and O–H groups in total. The van der Waals surface area contributed by atoms with Crippen molar-refractivity contribution in [2.45, 2.75) is 52.4 Å². The summed E-state index contributed by atoms with van der Waals surface area (Å²) in [6.45, 7) is 11.7. The molecule has 1 atom stereocenters. The van der Waals surface area contributed by atoms with Gasteiger partial charge in [-0.15, -0.1) is 0 Å². The molecule has 1 aliphatic rings. The number of benzene rings is 1. The van der Waals surface area contributed by atoms with Crippen molar-refractivity contribution >= 4 is 15.9 Å². The maximum Gasteiger partial charge on any atom is 0.243 e.